The number of ether oxygens (including phenoxy) is 1. The van der Waals surface area contributed by atoms with Crippen molar-refractivity contribution in [3.63, 3.8) is 0 Å². The van der Waals surface area contributed by atoms with Crippen LogP contribution in [0.2, 0.25) is 0 Å². The first-order valence-electron chi connectivity index (χ1n) is 15.5. The molecule has 0 aliphatic carbocycles. The molecule has 9 nitrogen and oxygen atoms in total. The molecule has 1 amide bonds. The highest BCUT2D eigenvalue weighted by Crippen LogP contribution is 2.46. The summed E-state index contributed by atoms with van der Waals surface area (Å²) in [5.41, 5.74) is 15.4. The van der Waals surface area contributed by atoms with Crippen LogP contribution in [0.3, 0.4) is 0 Å². The summed E-state index contributed by atoms with van der Waals surface area (Å²) in [6.07, 6.45) is 8.01. The predicted octanol–water partition coefficient (Wildman–Crippen LogP) is 7.77. The van der Waals surface area contributed by atoms with E-state index in [1.165, 1.54) is 11.1 Å². The smallest absolute Gasteiger partial charge is 0.231 e. The van der Waals surface area contributed by atoms with Crippen molar-refractivity contribution in [3.8, 4) is 5.75 Å². The minimum atomic E-state index is -0.887. The lowest BCUT2D eigenvalue weighted by molar-refractivity contribution is -0.124. The van der Waals surface area contributed by atoms with Gasteiger partial charge in [0.1, 0.15) is 17.5 Å². The van der Waals surface area contributed by atoms with Gasteiger partial charge in [-0.1, -0.05) is 45.0 Å². The fourth-order valence-electron chi connectivity index (χ4n) is 6.29. The number of carbonyl (C=O) groups excluding carboxylic acids is 1. The van der Waals surface area contributed by atoms with E-state index in [1.54, 1.807) is 24.7 Å². The second kappa shape index (κ2) is 13.6. The molecule has 0 fully saturated rings. The van der Waals surface area contributed by atoms with Gasteiger partial charge in [-0.3, -0.25) is 19.7 Å². The molecule has 2 atom stereocenters. The summed E-state index contributed by atoms with van der Waals surface area (Å²) >= 11 is 0. The first-order valence-corrected chi connectivity index (χ1v) is 15.5. The van der Waals surface area contributed by atoms with Gasteiger partial charge >= 0.3 is 0 Å². The summed E-state index contributed by atoms with van der Waals surface area (Å²) in [6, 6.07) is 16.1. The van der Waals surface area contributed by atoms with Gasteiger partial charge in [-0.05, 0) is 72.4 Å². The van der Waals surface area contributed by atoms with Crippen molar-refractivity contribution < 1.29 is 9.53 Å². The lowest BCUT2D eigenvalue weighted by Gasteiger charge is -2.36. The van der Waals surface area contributed by atoms with Gasteiger partial charge in [-0.2, -0.15) is 5.11 Å². The molecule has 0 bridgehead atoms. The van der Waals surface area contributed by atoms with Crippen molar-refractivity contribution in [3.05, 3.63) is 107 Å². The van der Waals surface area contributed by atoms with E-state index in [1.807, 2.05) is 52.2 Å². The third kappa shape index (κ3) is 6.73. The molecule has 1 aliphatic heterocycles. The molecule has 0 saturated heterocycles. The van der Waals surface area contributed by atoms with Crippen LogP contribution >= 0.6 is 0 Å². The number of carbonyl (C=O) groups is 1. The maximum atomic E-state index is 14.1. The average Bonchev–Trinajstić information content (AvgIpc) is 3.22. The Kier molecular flexibility index (Phi) is 9.58. The van der Waals surface area contributed by atoms with Crippen molar-refractivity contribution in [2.45, 2.75) is 66.2 Å². The van der Waals surface area contributed by atoms with Crippen LogP contribution in [0.1, 0.15) is 66.5 Å². The summed E-state index contributed by atoms with van der Waals surface area (Å²) in [5.74, 6) is 0.451. The van der Waals surface area contributed by atoms with Crippen LogP contribution in [0.4, 0.5) is 17.1 Å². The van der Waals surface area contributed by atoms with Gasteiger partial charge in [0.05, 0.1) is 23.0 Å². The van der Waals surface area contributed by atoms with Crippen LogP contribution in [-0.4, -0.2) is 40.5 Å². The number of benzene rings is 2. The molecule has 3 N–H and O–H groups in total. The van der Waals surface area contributed by atoms with Crippen molar-refractivity contribution in [2.24, 2.45) is 10.5 Å². The van der Waals surface area contributed by atoms with E-state index >= 15 is 0 Å². The fourth-order valence-corrected chi connectivity index (χ4v) is 6.29. The zero-order valence-corrected chi connectivity index (χ0v) is 27.0. The van der Waals surface area contributed by atoms with Crippen LogP contribution in [0.15, 0.2) is 78.4 Å². The van der Waals surface area contributed by atoms with Gasteiger partial charge in [0, 0.05) is 56.8 Å². The number of hydrogen-bond donors (Lipinski definition) is 3. The molecule has 2 aromatic carbocycles. The summed E-state index contributed by atoms with van der Waals surface area (Å²) < 4.78 is 6.34. The van der Waals surface area contributed by atoms with Gasteiger partial charge in [-0.25, -0.2) is 5.53 Å². The van der Waals surface area contributed by atoms with E-state index in [4.69, 9.17) is 10.3 Å². The standard InChI is InChI=1S/C36H43N7O2/c1-7-29-22-43(21-27-18-40-16-14-32(27)45-29)20-26-17-25(11-10-23(26)2)33(30-12-13-31(38-6)34(42-37)24(30)3)36(4,5)35(44)41-28-9-8-15-39-19-28/h8-19,29,33,37-38H,7,20-22H2,1-6H3,(H,41,44)/t29-,33+/m1/s1. The van der Waals surface area contributed by atoms with Crippen LogP contribution in [0, 0.1) is 24.8 Å². The molecule has 0 radical (unpaired) electrons. The van der Waals surface area contributed by atoms with Gasteiger partial charge in [-0.15, -0.1) is 0 Å². The maximum absolute atomic E-state index is 14.1. The number of anilines is 2. The van der Waals surface area contributed by atoms with E-state index < -0.39 is 5.41 Å². The molecule has 0 saturated carbocycles. The molecule has 9 heteroatoms. The molecule has 3 heterocycles. The first-order chi connectivity index (χ1) is 21.7. The minimum Gasteiger partial charge on any atom is -0.489 e. The van der Waals surface area contributed by atoms with Gasteiger partial charge in [0.15, 0.2) is 0 Å². The third-order valence-corrected chi connectivity index (χ3v) is 8.96. The Morgan fingerprint density at radius 2 is 1.93 bits per heavy atom. The topological polar surface area (TPSA) is 116 Å². The summed E-state index contributed by atoms with van der Waals surface area (Å²) in [4.78, 5) is 25.0. The third-order valence-electron chi connectivity index (χ3n) is 8.96. The Morgan fingerprint density at radius 1 is 1.13 bits per heavy atom. The lowest BCUT2D eigenvalue weighted by Crippen LogP contribution is -2.37. The number of nitrogens with zero attached hydrogens (tertiary/aromatic N) is 4. The SMILES string of the molecule is CC[C@@H]1CN(Cc2cc([C@@H](c3ccc(NC)c(N=N)c3C)C(C)(C)C(=O)Nc3cccnc3)ccc2C)Cc2cnccc2O1. The highest BCUT2D eigenvalue weighted by molar-refractivity contribution is 5.96. The van der Waals surface area contributed by atoms with Gasteiger partial charge in [0.2, 0.25) is 5.91 Å². The normalized spacial score (nSPS) is 15.7. The number of rotatable bonds is 10. The van der Waals surface area contributed by atoms with E-state index in [2.05, 4.69) is 68.7 Å². The zero-order chi connectivity index (χ0) is 32.1. The molecule has 234 valence electrons. The first kappa shape index (κ1) is 31.8. The van der Waals surface area contributed by atoms with E-state index in [9.17, 15) is 4.79 Å². The average molecular weight is 606 g/mol. The fraction of sp³-hybridized carbons (Fsp3) is 0.361. The van der Waals surface area contributed by atoms with Crippen LogP contribution in [0.25, 0.3) is 0 Å². The van der Waals surface area contributed by atoms with Gasteiger partial charge < -0.3 is 15.4 Å². The molecule has 2 aromatic heterocycles. The summed E-state index contributed by atoms with van der Waals surface area (Å²) in [7, 11) is 1.82. The van der Waals surface area contributed by atoms with E-state index in [0.717, 1.165) is 59.7 Å². The van der Waals surface area contributed by atoms with E-state index in [-0.39, 0.29) is 17.9 Å². The summed E-state index contributed by atoms with van der Waals surface area (Å²) in [5, 5.41) is 10.1. The summed E-state index contributed by atoms with van der Waals surface area (Å²) in [6.45, 7) is 12.5. The number of aromatic nitrogens is 2. The molecule has 45 heavy (non-hydrogen) atoms. The quantitative estimate of drug-likeness (QED) is 0.159. The number of aryl methyl sites for hydroxylation is 1. The van der Waals surface area contributed by atoms with Crippen LogP contribution in [-0.2, 0) is 17.9 Å². The highest BCUT2D eigenvalue weighted by atomic mass is 16.5. The lowest BCUT2D eigenvalue weighted by atomic mass is 9.69. The Morgan fingerprint density at radius 3 is 2.64 bits per heavy atom. The predicted molar refractivity (Wildman–Crippen MR) is 178 cm³/mol. The largest absolute Gasteiger partial charge is 0.489 e. The molecule has 0 spiro atoms. The maximum Gasteiger partial charge on any atom is 0.231 e. The molecular formula is C36H43N7O2. The number of pyridine rings is 2. The van der Waals surface area contributed by atoms with Crippen molar-refractivity contribution in [1.82, 2.24) is 14.9 Å². The van der Waals surface area contributed by atoms with E-state index in [0.29, 0.717) is 11.4 Å². The highest BCUT2D eigenvalue weighted by Gasteiger charge is 2.40. The molecule has 5 rings (SSSR count). The Hall–Kier alpha value is -4.63. The molecule has 1 aliphatic rings. The Balaban J connectivity index is 1.57. The number of hydrogen-bond acceptors (Lipinski definition) is 8. The minimum absolute atomic E-state index is 0.0837. The second-order valence-electron chi connectivity index (χ2n) is 12.4. The van der Waals surface area contributed by atoms with Crippen molar-refractivity contribution in [2.75, 3.05) is 24.2 Å². The number of nitrogens with one attached hydrogen (secondary N) is 3. The monoisotopic (exact) mass is 605 g/mol. The van der Waals surface area contributed by atoms with Crippen LogP contribution < -0.4 is 15.4 Å². The van der Waals surface area contributed by atoms with Gasteiger partial charge in [0.25, 0.3) is 0 Å². The van der Waals surface area contributed by atoms with Crippen molar-refractivity contribution in [1.29, 1.82) is 5.53 Å². The number of fused-ring (bicyclic) bond motifs is 1. The molecule has 0 unspecified atom stereocenters. The van der Waals surface area contributed by atoms with Crippen LogP contribution in [0.5, 0.6) is 5.75 Å². The molecule has 4 aromatic rings. The zero-order valence-electron chi connectivity index (χ0n) is 27.0. The second-order valence-corrected chi connectivity index (χ2v) is 12.4. The Labute approximate surface area is 266 Å². The number of amides is 1. The Bertz CT molecular complexity index is 1670. The molecular weight excluding hydrogens is 562 g/mol. The van der Waals surface area contributed by atoms with Crippen molar-refractivity contribution >= 4 is 23.0 Å².